The molecule has 2 aromatic rings. The van der Waals surface area contributed by atoms with Crippen LogP contribution < -0.4 is 5.32 Å². The minimum absolute atomic E-state index is 0.0499. The molecular weight excluding hydrogens is 351 g/mol. The molecule has 0 radical (unpaired) electrons. The number of alkyl halides is 3. The molecule has 0 saturated carbocycles. The summed E-state index contributed by atoms with van der Waals surface area (Å²) in [6.07, 6.45) is -1.87. The molecule has 0 saturated heterocycles. The molecule has 0 fully saturated rings. The Labute approximate surface area is 149 Å². The van der Waals surface area contributed by atoms with Gasteiger partial charge in [-0.1, -0.05) is 49.7 Å². The van der Waals surface area contributed by atoms with Gasteiger partial charge in [0.2, 0.25) is 5.91 Å². The Morgan fingerprint density at radius 1 is 1.12 bits per heavy atom. The van der Waals surface area contributed by atoms with Crippen LogP contribution in [-0.4, -0.2) is 5.91 Å². The van der Waals surface area contributed by atoms with Gasteiger partial charge < -0.3 is 5.32 Å². The summed E-state index contributed by atoms with van der Waals surface area (Å²) < 4.78 is 39.0. The summed E-state index contributed by atoms with van der Waals surface area (Å²) in [6, 6.07) is 10.8. The van der Waals surface area contributed by atoms with Gasteiger partial charge in [-0.15, -0.1) is 0 Å². The van der Waals surface area contributed by atoms with Crippen molar-refractivity contribution in [2.45, 2.75) is 25.9 Å². The minimum atomic E-state index is -4.61. The molecule has 0 aliphatic carbocycles. The Morgan fingerprint density at radius 3 is 2.32 bits per heavy atom. The molecule has 0 atom stereocenters. The molecule has 2 aromatic carbocycles. The minimum Gasteiger partial charge on any atom is -0.322 e. The molecule has 0 unspecified atom stereocenters. The number of benzene rings is 2. The molecule has 0 heterocycles. The zero-order valence-corrected chi connectivity index (χ0v) is 14.4. The van der Waals surface area contributed by atoms with Gasteiger partial charge in [0.05, 0.1) is 11.3 Å². The SMILES string of the molecule is CC(C)c1ccc(C=CC(=O)Nc2ccc(Cl)cc2C(F)(F)F)cc1. The summed E-state index contributed by atoms with van der Waals surface area (Å²) in [7, 11) is 0. The van der Waals surface area contributed by atoms with E-state index in [0.717, 1.165) is 23.3 Å². The van der Waals surface area contributed by atoms with Gasteiger partial charge in [-0.05, 0) is 41.3 Å². The van der Waals surface area contributed by atoms with Gasteiger partial charge in [0.25, 0.3) is 0 Å². The number of anilines is 1. The maximum atomic E-state index is 13.0. The van der Waals surface area contributed by atoms with Crippen molar-refractivity contribution >= 4 is 29.3 Å². The molecule has 0 bridgehead atoms. The molecule has 25 heavy (non-hydrogen) atoms. The highest BCUT2D eigenvalue weighted by molar-refractivity contribution is 6.30. The van der Waals surface area contributed by atoms with Crippen LogP contribution in [0.3, 0.4) is 0 Å². The number of carbonyl (C=O) groups is 1. The van der Waals surface area contributed by atoms with Crippen molar-refractivity contribution in [2.24, 2.45) is 0 Å². The summed E-state index contributed by atoms with van der Waals surface area (Å²) in [4.78, 5) is 11.9. The molecule has 132 valence electrons. The second-order valence-corrected chi connectivity index (χ2v) is 6.27. The largest absolute Gasteiger partial charge is 0.418 e. The van der Waals surface area contributed by atoms with E-state index in [0.29, 0.717) is 5.92 Å². The first-order valence-electron chi connectivity index (χ1n) is 7.62. The third-order valence-electron chi connectivity index (χ3n) is 3.58. The fourth-order valence-corrected chi connectivity index (χ4v) is 2.37. The molecule has 1 N–H and O–H groups in total. The van der Waals surface area contributed by atoms with Gasteiger partial charge in [-0.2, -0.15) is 13.2 Å². The van der Waals surface area contributed by atoms with Gasteiger partial charge >= 0.3 is 6.18 Å². The molecule has 0 aliphatic rings. The highest BCUT2D eigenvalue weighted by Gasteiger charge is 2.34. The van der Waals surface area contributed by atoms with Crippen molar-refractivity contribution in [3.63, 3.8) is 0 Å². The molecule has 6 heteroatoms. The van der Waals surface area contributed by atoms with Crippen molar-refractivity contribution < 1.29 is 18.0 Å². The van der Waals surface area contributed by atoms with Gasteiger partial charge in [-0.25, -0.2) is 0 Å². The van der Waals surface area contributed by atoms with Crippen molar-refractivity contribution in [3.05, 3.63) is 70.3 Å². The Balaban J connectivity index is 2.12. The number of carbonyl (C=O) groups excluding carboxylic acids is 1. The van der Waals surface area contributed by atoms with E-state index in [4.69, 9.17) is 11.6 Å². The molecule has 0 spiro atoms. The van der Waals surface area contributed by atoms with Gasteiger partial charge in [-0.3, -0.25) is 4.79 Å². The van der Waals surface area contributed by atoms with Crippen LogP contribution in [0.4, 0.5) is 18.9 Å². The van der Waals surface area contributed by atoms with Crippen LogP contribution in [0.1, 0.15) is 36.5 Å². The Hall–Kier alpha value is -2.27. The van der Waals surface area contributed by atoms with Crippen molar-refractivity contribution in [3.8, 4) is 0 Å². The van der Waals surface area contributed by atoms with E-state index in [1.807, 2.05) is 24.3 Å². The van der Waals surface area contributed by atoms with E-state index in [9.17, 15) is 18.0 Å². The summed E-state index contributed by atoms with van der Waals surface area (Å²) in [5, 5.41) is 2.19. The number of rotatable bonds is 4. The lowest BCUT2D eigenvalue weighted by atomic mass is 10.0. The zero-order chi connectivity index (χ0) is 18.6. The third kappa shape index (κ3) is 5.36. The van der Waals surface area contributed by atoms with Crippen LogP contribution in [-0.2, 0) is 11.0 Å². The average molecular weight is 368 g/mol. The predicted octanol–water partition coefficient (Wildman–Crippen LogP) is 6.13. The number of hydrogen-bond acceptors (Lipinski definition) is 1. The van der Waals surface area contributed by atoms with Gasteiger partial charge in [0.1, 0.15) is 0 Å². The summed E-state index contributed by atoms with van der Waals surface area (Å²) >= 11 is 5.61. The fourth-order valence-electron chi connectivity index (χ4n) is 2.20. The summed E-state index contributed by atoms with van der Waals surface area (Å²) in [5.74, 6) is -0.257. The van der Waals surface area contributed by atoms with Crippen LogP contribution in [0, 0.1) is 0 Å². The normalized spacial score (nSPS) is 12.0. The van der Waals surface area contributed by atoms with Crippen LogP contribution in [0.5, 0.6) is 0 Å². The molecular formula is C19H17ClF3NO. The number of halogens is 4. The second-order valence-electron chi connectivity index (χ2n) is 5.83. The lowest BCUT2D eigenvalue weighted by Crippen LogP contribution is -2.14. The quantitative estimate of drug-likeness (QED) is 0.646. The molecule has 1 amide bonds. The highest BCUT2D eigenvalue weighted by Crippen LogP contribution is 2.36. The number of amides is 1. The number of hydrogen-bond donors (Lipinski definition) is 1. The maximum Gasteiger partial charge on any atom is 0.418 e. The molecule has 2 nitrogen and oxygen atoms in total. The average Bonchev–Trinajstić information content (AvgIpc) is 2.54. The zero-order valence-electron chi connectivity index (χ0n) is 13.7. The maximum absolute atomic E-state index is 13.0. The Bertz CT molecular complexity index is 780. The van der Waals surface area contributed by atoms with E-state index in [2.05, 4.69) is 19.2 Å². The predicted molar refractivity (Wildman–Crippen MR) is 94.6 cm³/mol. The molecule has 0 aliphatic heterocycles. The standard InChI is InChI=1S/C19H17ClF3NO/c1-12(2)14-6-3-13(4-7-14)5-10-18(25)24-17-9-8-15(20)11-16(17)19(21,22)23/h3-12H,1-2H3,(H,24,25). The third-order valence-corrected chi connectivity index (χ3v) is 3.81. The van der Waals surface area contributed by atoms with Crippen LogP contribution in [0.15, 0.2) is 48.5 Å². The second kappa shape index (κ2) is 7.74. The topological polar surface area (TPSA) is 29.1 Å². The Kier molecular flexibility index (Phi) is 5.90. The first-order valence-corrected chi connectivity index (χ1v) is 8.00. The Morgan fingerprint density at radius 2 is 1.76 bits per heavy atom. The van der Waals surface area contributed by atoms with E-state index in [-0.39, 0.29) is 10.7 Å². The van der Waals surface area contributed by atoms with E-state index in [1.165, 1.54) is 12.1 Å². The van der Waals surface area contributed by atoms with Gasteiger partial charge in [0.15, 0.2) is 0 Å². The van der Waals surface area contributed by atoms with E-state index < -0.39 is 17.6 Å². The van der Waals surface area contributed by atoms with E-state index >= 15 is 0 Å². The highest BCUT2D eigenvalue weighted by atomic mass is 35.5. The smallest absolute Gasteiger partial charge is 0.322 e. The van der Waals surface area contributed by atoms with Crippen LogP contribution in [0.2, 0.25) is 5.02 Å². The van der Waals surface area contributed by atoms with Crippen molar-refractivity contribution in [1.29, 1.82) is 0 Å². The lowest BCUT2D eigenvalue weighted by molar-refractivity contribution is -0.136. The number of nitrogens with one attached hydrogen (secondary N) is 1. The first-order chi connectivity index (χ1) is 11.7. The summed E-state index contributed by atoms with van der Waals surface area (Å²) in [6.45, 7) is 4.14. The van der Waals surface area contributed by atoms with Crippen LogP contribution in [0.25, 0.3) is 6.08 Å². The van der Waals surface area contributed by atoms with E-state index in [1.54, 1.807) is 6.08 Å². The lowest BCUT2D eigenvalue weighted by Gasteiger charge is -2.13. The molecule has 0 aromatic heterocycles. The van der Waals surface area contributed by atoms with Gasteiger partial charge in [0, 0.05) is 11.1 Å². The summed E-state index contributed by atoms with van der Waals surface area (Å²) in [5.41, 5.74) is 0.633. The molecule has 2 rings (SSSR count). The first kappa shape index (κ1) is 19.1. The van der Waals surface area contributed by atoms with Crippen molar-refractivity contribution in [1.82, 2.24) is 0 Å². The fraction of sp³-hybridized carbons (Fsp3) is 0.211. The van der Waals surface area contributed by atoms with Crippen LogP contribution >= 0.6 is 11.6 Å². The van der Waals surface area contributed by atoms with Crippen molar-refractivity contribution in [2.75, 3.05) is 5.32 Å². The monoisotopic (exact) mass is 367 g/mol.